The van der Waals surface area contributed by atoms with Crippen LogP contribution in [0.25, 0.3) is 27.9 Å². The van der Waals surface area contributed by atoms with E-state index < -0.39 is 0 Å². The molecule has 0 bridgehead atoms. The zero-order valence-corrected chi connectivity index (χ0v) is 76.3. The highest BCUT2D eigenvalue weighted by Crippen LogP contribution is 2.42. The average molecular weight is 1710 g/mol. The molecular formula is C110H135F5S5. The number of hydrogen-bond acceptors (Lipinski definition) is 5. The molecule has 0 heterocycles. The van der Waals surface area contributed by atoms with Crippen LogP contribution < -0.4 is 0 Å². The molecule has 5 aliphatic carbocycles. The van der Waals surface area contributed by atoms with Gasteiger partial charge in [0.2, 0.25) is 0 Å². The first-order valence-corrected chi connectivity index (χ1v) is 46.4. The number of rotatable bonds is 25. The number of aryl methyl sites for hydroxylation is 5. The summed E-state index contributed by atoms with van der Waals surface area (Å²) >= 11 is 21.8. The molecule has 0 aromatic heterocycles. The van der Waals surface area contributed by atoms with Crippen LogP contribution in [0.4, 0.5) is 23.5 Å². The van der Waals surface area contributed by atoms with Gasteiger partial charge in [-0.2, -0.15) is 0 Å². The van der Waals surface area contributed by atoms with Gasteiger partial charge in [0.25, 0.3) is 0 Å². The summed E-state index contributed by atoms with van der Waals surface area (Å²) in [4.78, 5) is 5.17. The molecule has 0 fully saturated rings. The number of thiol groups is 5. The van der Waals surface area contributed by atoms with Gasteiger partial charge in [0.05, 0.1) is 0 Å². The number of allylic oxidation sites excluding steroid dienone is 10. The van der Waals surface area contributed by atoms with Crippen LogP contribution >= 0.6 is 63.1 Å². The molecule has 0 aliphatic heterocycles. The lowest BCUT2D eigenvalue weighted by Crippen LogP contribution is -2.04. The largest absolute Gasteiger partial charge is 0.269 e. The third-order valence-electron chi connectivity index (χ3n) is 24.6. The lowest BCUT2D eigenvalue weighted by molar-refractivity contribution is 0.625. The van der Waals surface area contributed by atoms with Crippen molar-refractivity contribution in [3.8, 4) is 0 Å². The van der Waals surface area contributed by atoms with Crippen LogP contribution in [-0.2, 0) is 32.1 Å². The quantitative estimate of drug-likeness (QED) is 0.0273. The topological polar surface area (TPSA) is 0 Å². The van der Waals surface area contributed by atoms with E-state index >= 15 is 0 Å². The Morgan fingerprint density at radius 2 is 0.342 bits per heavy atom. The van der Waals surface area contributed by atoms with Crippen molar-refractivity contribution in [1.82, 2.24) is 0 Å². The Morgan fingerprint density at radius 3 is 0.458 bits per heavy atom. The Labute approximate surface area is 746 Å². The molecule has 5 unspecified atom stereocenters. The van der Waals surface area contributed by atoms with E-state index in [9.17, 15) is 0 Å². The zero-order chi connectivity index (χ0) is 80.4. The summed E-state index contributed by atoms with van der Waals surface area (Å²) in [6.07, 6.45) is 49.0. The van der Waals surface area contributed by atoms with Gasteiger partial charge in [-0.15, -0.1) is 63.1 Å². The van der Waals surface area contributed by atoms with Crippen molar-refractivity contribution in [2.75, 3.05) is 0 Å². The van der Waals surface area contributed by atoms with Gasteiger partial charge in [-0.3, -0.25) is 23.5 Å². The number of hydrogen-bond donors (Lipinski definition) is 5. The third kappa shape index (κ3) is 32.2. The van der Waals surface area contributed by atoms with Crippen LogP contribution in [0.1, 0.15) is 308 Å². The highest BCUT2D eigenvalue weighted by Gasteiger charge is 2.23. The standard InChI is InChI=1S/5C22H26S.5FH/c5*1-2-3-4-17-5-7-18(8-6-17)19-9-11-20(12-10-19)21-13-15-22(23)16-14-21;;;;;/h5*5-8,11,13-16,19,23H,2-4,9-10,12H2,1H3;5*1H. The number of halogens is 5. The Hall–Kier alpha value is -7.70. The molecule has 10 heteroatoms. The highest BCUT2D eigenvalue weighted by atomic mass is 32.1. The molecule has 0 spiro atoms. The molecule has 0 saturated heterocycles. The monoisotopic (exact) mass is 1710 g/mol. The first-order valence-electron chi connectivity index (χ1n) is 44.2. The second-order valence-electron chi connectivity index (χ2n) is 33.0. The van der Waals surface area contributed by atoms with E-state index in [4.69, 9.17) is 0 Å². The lowest BCUT2D eigenvalue weighted by atomic mass is 9.82. The molecule has 0 amide bonds. The minimum absolute atomic E-state index is 0. The molecule has 0 radical (unpaired) electrons. The van der Waals surface area contributed by atoms with E-state index in [1.807, 2.05) is 0 Å². The summed E-state index contributed by atoms with van der Waals surface area (Å²) in [6, 6.07) is 89.6. The van der Waals surface area contributed by atoms with Gasteiger partial charge in [0.1, 0.15) is 0 Å². The summed E-state index contributed by atoms with van der Waals surface area (Å²) < 4.78 is 0. The van der Waals surface area contributed by atoms with Crippen LogP contribution in [0.3, 0.4) is 0 Å². The molecule has 5 aliphatic rings. The zero-order valence-electron chi connectivity index (χ0n) is 71.9. The van der Waals surface area contributed by atoms with E-state index in [0.29, 0.717) is 29.6 Å². The minimum Gasteiger partial charge on any atom is -0.269 e. The van der Waals surface area contributed by atoms with Crippen molar-refractivity contribution in [2.45, 2.75) is 281 Å². The predicted octanol–water partition coefficient (Wildman–Crippen LogP) is 34.1. The molecule has 10 aromatic rings. The summed E-state index contributed by atoms with van der Waals surface area (Å²) in [5, 5.41) is 0. The van der Waals surface area contributed by atoms with Crippen LogP contribution in [0.15, 0.2) is 298 Å². The van der Waals surface area contributed by atoms with Gasteiger partial charge < -0.3 is 0 Å². The summed E-state index contributed by atoms with van der Waals surface area (Å²) in [5.41, 5.74) is 29.2. The van der Waals surface area contributed by atoms with Crippen molar-refractivity contribution >= 4 is 91.0 Å². The van der Waals surface area contributed by atoms with Gasteiger partial charge in [0.15, 0.2) is 0 Å². The van der Waals surface area contributed by atoms with Gasteiger partial charge in [0, 0.05) is 24.5 Å². The van der Waals surface area contributed by atoms with E-state index in [2.05, 4.69) is 371 Å². The second kappa shape index (κ2) is 54.7. The smallest absolute Gasteiger partial charge is 0.00403 e. The Morgan fingerprint density at radius 1 is 0.200 bits per heavy atom. The summed E-state index contributed by atoms with van der Waals surface area (Å²) in [5.74, 6) is 3.42. The number of unbranched alkanes of at least 4 members (excludes halogenated alkanes) is 5. The maximum atomic E-state index is 4.37. The average Bonchev–Trinajstić information content (AvgIpc) is 0.852. The molecule has 10 aromatic carbocycles. The molecular weight excluding hydrogens is 1580 g/mol. The predicted molar refractivity (Wildman–Crippen MR) is 529 cm³/mol. The Bertz CT molecular complexity index is 3980. The normalized spacial score (nSPS) is 17.1. The first kappa shape index (κ1) is 101. The van der Waals surface area contributed by atoms with Crippen molar-refractivity contribution in [1.29, 1.82) is 0 Å². The summed E-state index contributed by atoms with van der Waals surface area (Å²) in [7, 11) is 0. The number of benzene rings is 10. The van der Waals surface area contributed by atoms with Crippen LogP contribution in [0, 0.1) is 0 Å². The molecule has 5 atom stereocenters. The van der Waals surface area contributed by atoms with E-state index in [0.717, 1.165) is 56.6 Å². The van der Waals surface area contributed by atoms with Gasteiger partial charge in [-0.25, -0.2) is 0 Å². The maximum Gasteiger partial charge on any atom is 0.00403 e. The van der Waals surface area contributed by atoms with Crippen LogP contribution in [0.2, 0.25) is 0 Å². The fourth-order valence-corrected chi connectivity index (χ4v) is 17.8. The molecule has 0 nitrogen and oxygen atoms in total. The Balaban J connectivity index is 0.000000230. The fourth-order valence-electron chi connectivity index (χ4n) is 17.1. The molecule has 15 rings (SSSR count). The lowest BCUT2D eigenvalue weighted by Gasteiger charge is -2.23. The molecule has 640 valence electrons. The molecule has 0 saturated carbocycles. The Kier molecular flexibility index (Phi) is 46.1. The fraction of sp³-hybridized carbons (Fsp3) is 0.364. The minimum atomic E-state index is 0. The van der Waals surface area contributed by atoms with Crippen molar-refractivity contribution in [2.24, 2.45) is 0 Å². The maximum absolute atomic E-state index is 4.37. The van der Waals surface area contributed by atoms with Crippen molar-refractivity contribution in [3.05, 3.63) is 356 Å². The second-order valence-corrected chi connectivity index (χ2v) is 35.5. The van der Waals surface area contributed by atoms with Crippen molar-refractivity contribution < 1.29 is 23.5 Å². The van der Waals surface area contributed by atoms with Crippen molar-refractivity contribution in [3.63, 3.8) is 0 Å². The van der Waals surface area contributed by atoms with E-state index in [1.165, 1.54) is 272 Å². The van der Waals surface area contributed by atoms with Crippen LogP contribution in [-0.4, -0.2) is 0 Å². The van der Waals surface area contributed by atoms with E-state index in [-0.39, 0.29) is 23.5 Å². The molecule has 0 N–H and O–H groups in total. The summed E-state index contributed by atoms with van der Waals surface area (Å²) in [6.45, 7) is 11.3. The van der Waals surface area contributed by atoms with Gasteiger partial charge in [-0.05, 0) is 362 Å². The third-order valence-corrected chi connectivity index (χ3v) is 26.1. The SMILES string of the molecule is CCCCc1ccc(C2CC=C(c3ccc(S)cc3)CC2)cc1.CCCCc1ccc(C2CC=C(c3ccc(S)cc3)CC2)cc1.CCCCc1ccc(C2CC=C(c3ccc(S)cc3)CC2)cc1.CCCCc1ccc(C2CC=C(c3ccc(S)cc3)CC2)cc1.CCCCc1ccc(C2CC=C(c3ccc(S)cc3)CC2)cc1.F.F.F.F.F. The molecule has 120 heavy (non-hydrogen) atoms. The first-order chi connectivity index (χ1) is 56.3. The van der Waals surface area contributed by atoms with Crippen LogP contribution in [0.5, 0.6) is 0 Å². The highest BCUT2D eigenvalue weighted by molar-refractivity contribution is 7.81. The van der Waals surface area contributed by atoms with Gasteiger partial charge >= 0.3 is 0 Å². The van der Waals surface area contributed by atoms with E-state index in [1.54, 1.807) is 0 Å². The van der Waals surface area contributed by atoms with Gasteiger partial charge in [-0.1, -0.05) is 279 Å².